The number of nitrogens with zero attached hydrogens (tertiary/aromatic N) is 3. The van der Waals surface area contributed by atoms with Gasteiger partial charge in [-0.3, -0.25) is 0 Å². The molecule has 0 saturated carbocycles. The van der Waals surface area contributed by atoms with Gasteiger partial charge < -0.3 is 10.2 Å². The monoisotopic (exact) mass is 264 g/mol. The van der Waals surface area contributed by atoms with Crippen molar-refractivity contribution in [3.8, 4) is 0 Å². The molecule has 0 saturated heterocycles. The summed E-state index contributed by atoms with van der Waals surface area (Å²) in [6.45, 7) is 15.8. The van der Waals surface area contributed by atoms with Crippen LogP contribution in [0.15, 0.2) is 12.4 Å². The fourth-order valence-electron chi connectivity index (χ4n) is 1.76. The summed E-state index contributed by atoms with van der Waals surface area (Å²) in [5.41, 5.74) is 1.24. The van der Waals surface area contributed by atoms with Crippen LogP contribution in [0.4, 0.5) is 5.95 Å². The Morgan fingerprint density at radius 2 is 1.79 bits per heavy atom. The topological polar surface area (TPSA) is 41.1 Å². The van der Waals surface area contributed by atoms with Crippen molar-refractivity contribution in [2.24, 2.45) is 5.92 Å². The predicted molar refractivity (Wildman–Crippen MR) is 81.3 cm³/mol. The molecule has 1 heterocycles. The third-order valence-corrected chi connectivity index (χ3v) is 2.76. The van der Waals surface area contributed by atoms with E-state index in [9.17, 15) is 0 Å². The lowest BCUT2D eigenvalue weighted by Crippen LogP contribution is -2.35. The number of anilines is 1. The molecule has 1 N–H and O–H groups in total. The van der Waals surface area contributed by atoms with Crippen molar-refractivity contribution in [2.45, 2.75) is 53.6 Å². The van der Waals surface area contributed by atoms with Gasteiger partial charge in [0.25, 0.3) is 0 Å². The minimum Gasteiger partial charge on any atom is -0.341 e. The quantitative estimate of drug-likeness (QED) is 0.858. The van der Waals surface area contributed by atoms with Crippen molar-refractivity contribution in [3.63, 3.8) is 0 Å². The molecular formula is C15H28N4. The second kappa shape index (κ2) is 6.85. The molecule has 0 spiro atoms. The molecule has 19 heavy (non-hydrogen) atoms. The molecule has 0 aromatic carbocycles. The van der Waals surface area contributed by atoms with E-state index in [1.54, 1.807) is 0 Å². The molecule has 0 aliphatic heterocycles. The molecule has 0 radical (unpaired) electrons. The van der Waals surface area contributed by atoms with Gasteiger partial charge in [-0.15, -0.1) is 0 Å². The Balaban J connectivity index is 2.64. The summed E-state index contributed by atoms with van der Waals surface area (Å²) in [5, 5.41) is 3.44. The first-order chi connectivity index (χ1) is 8.81. The van der Waals surface area contributed by atoms with Crippen molar-refractivity contribution in [2.75, 3.05) is 18.0 Å². The van der Waals surface area contributed by atoms with Gasteiger partial charge in [0.2, 0.25) is 5.95 Å². The van der Waals surface area contributed by atoms with E-state index in [-0.39, 0.29) is 5.54 Å². The highest BCUT2D eigenvalue weighted by Gasteiger charge is 2.11. The summed E-state index contributed by atoms with van der Waals surface area (Å²) in [7, 11) is 0. The molecule has 108 valence electrons. The van der Waals surface area contributed by atoms with Crippen molar-refractivity contribution in [3.05, 3.63) is 18.0 Å². The molecule has 0 aliphatic rings. The first-order valence-electron chi connectivity index (χ1n) is 7.12. The van der Waals surface area contributed by atoms with E-state index >= 15 is 0 Å². The van der Waals surface area contributed by atoms with Gasteiger partial charge in [-0.1, -0.05) is 13.8 Å². The minimum atomic E-state index is 0.117. The van der Waals surface area contributed by atoms with Gasteiger partial charge in [0.15, 0.2) is 0 Å². The Morgan fingerprint density at radius 1 is 1.21 bits per heavy atom. The summed E-state index contributed by atoms with van der Waals surface area (Å²) < 4.78 is 0. The molecule has 0 amide bonds. The zero-order valence-corrected chi connectivity index (χ0v) is 13.2. The largest absolute Gasteiger partial charge is 0.341 e. The van der Waals surface area contributed by atoms with Crippen LogP contribution >= 0.6 is 0 Å². The Bertz CT molecular complexity index is 365. The lowest BCUT2D eigenvalue weighted by atomic mass is 10.1. The van der Waals surface area contributed by atoms with E-state index in [0.717, 1.165) is 31.1 Å². The second-order valence-corrected chi connectivity index (χ2v) is 6.43. The average molecular weight is 264 g/mol. The van der Waals surface area contributed by atoms with E-state index in [1.807, 2.05) is 12.4 Å². The van der Waals surface area contributed by atoms with Gasteiger partial charge in [0, 0.05) is 43.1 Å². The molecule has 1 aromatic rings. The molecular weight excluding hydrogens is 236 g/mol. The highest BCUT2D eigenvalue weighted by Crippen LogP contribution is 2.10. The fraction of sp³-hybridized carbons (Fsp3) is 0.733. The maximum Gasteiger partial charge on any atom is 0.225 e. The fourth-order valence-corrected chi connectivity index (χ4v) is 1.76. The van der Waals surface area contributed by atoms with E-state index in [0.29, 0.717) is 5.92 Å². The second-order valence-electron chi connectivity index (χ2n) is 6.43. The van der Waals surface area contributed by atoms with Crippen LogP contribution in [0.1, 0.15) is 47.1 Å². The van der Waals surface area contributed by atoms with Crippen LogP contribution in [0, 0.1) is 5.92 Å². The zero-order valence-electron chi connectivity index (χ0n) is 13.2. The molecule has 0 bridgehead atoms. The van der Waals surface area contributed by atoms with Crippen molar-refractivity contribution in [1.29, 1.82) is 0 Å². The van der Waals surface area contributed by atoms with Crippen LogP contribution in [0.25, 0.3) is 0 Å². The van der Waals surface area contributed by atoms with Gasteiger partial charge in [-0.25, -0.2) is 9.97 Å². The van der Waals surface area contributed by atoms with Gasteiger partial charge >= 0.3 is 0 Å². The highest BCUT2D eigenvalue weighted by molar-refractivity contribution is 5.29. The zero-order chi connectivity index (χ0) is 14.5. The summed E-state index contributed by atoms with van der Waals surface area (Å²) in [5.74, 6) is 1.45. The van der Waals surface area contributed by atoms with Crippen molar-refractivity contribution in [1.82, 2.24) is 15.3 Å². The SMILES string of the molecule is CCN(CC(C)C)c1ncc(CNC(C)(C)C)cn1. The summed E-state index contributed by atoms with van der Waals surface area (Å²) in [6.07, 6.45) is 3.84. The van der Waals surface area contributed by atoms with Crippen molar-refractivity contribution >= 4 is 5.95 Å². The van der Waals surface area contributed by atoms with E-state index < -0.39 is 0 Å². The lowest BCUT2D eigenvalue weighted by molar-refractivity contribution is 0.423. The Morgan fingerprint density at radius 3 is 2.21 bits per heavy atom. The molecule has 4 heteroatoms. The number of rotatable bonds is 6. The predicted octanol–water partition coefficient (Wildman–Crippen LogP) is 2.85. The standard InChI is InChI=1S/C15H28N4/c1-7-19(11-12(2)3)14-16-8-13(9-17-14)10-18-15(4,5)6/h8-9,12,18H,7,10-11H2,1-6H3. The highest BCUT2D eigenvalue weighted by atomic mass is 15.2. The number of hydrogen-bond donors (Lipinski definition) is 1. The maximum absolute atomic E-state index is 4.48. The molecule has 0 fully saturated rings. The van der Waals surface area contributed by atoms with E-state index in [2.05, 4.69) is 61.7 Å². The van der Waals surface area contributed by atoms with Crippen LogP contribution < -0.4 is 10.2 Å². The third kappa shape index (κ3) is 6.01. The van der Waals surface area contributed by atoms with Gasteiger partial charge in [-0.2, -0.15) is 0 Å². The summed E-state index contributed by atoms with van der Waals surface area (Å²) in [6, 6.07) is 0. The summed E-state index contributed by atoms with van der Waals surface area (Å²) in [4.78, 5) is 11.2. The first kappa shape index (κ1) is 15.9. The van der Waals surface area contributed by atoms with Crippen LogP contribution in [-0.4, -0.2) is 28.6 Å². The Labute approximate surface area is 117 Å². The van der Waals surface area contributed by atoms with Crippen molar-refractivity contribution < 1.29 is 0 Å². The minimum absolute atomic E-state index is 0.117. The maximum atomic E-state index is 4.48. The van der Waals surface area contributed by atoms with Crippen LogP contribution in [-0.2, 0) is 6.54 Å². The Hall–Kier alpha value is -1.16. The van der Waals surface area contributed by atoms with Gasteiger partial charge in [0.05, 0.1) is 0 Å². The van der Waals surface area contributed by atoms with E-state index in [4.69, 9.17) is 0 Å². The molecule has 0 aliphatic carbocycles. The molecule has 1 rings (SSSR count). The summed E-state index contributed by atoms with van der Waals surface area (Å²) >= 11 is 0. The lowest BCUT2D eigenvalue weighted by Gasteiger charge is -2.23. The number of aromatic nitrogens is 2. The number of nitrogens with one attached hydrogen (secondary N) is 1. The van der Waals surface area contributed by atoms with Crippen LogP contribution in [0.3, 0.4) is 0 Å². The Kier molecular flexibility index (Phi) is 5.73. The normalized spacial score (nSPS) is 11.9. The third-order valence-electron chi connectivity index (χ3n) is 2.76. The van der Waals surface area contributed by atoms with Gasteiger partial charge in [-0.05, 0) is 33.6 Å². The molecule has 0 unspecified atom stereocenters. The number of hydrogen-bond acceptors (Lipinski definition) is 4. The molecule has 0 atom stereocenters. The first-order valence-corrected chi connectivity index (χ1v) is 7.12. The van der Waals surface area contributed by atoms with Crippen LogP contribution in [0.5, 0.6) is 0 Å². The molecule has 4 nitrogen and oxygen atoms in total. The van der Waals surface area contributed by atoms with Gasteiger partial charge in [0.1, 0.15) is 0 Å². The average Bonchev–Trinajstić information content (AvgIpc) is 2.33. The van der Waals surface area contributed by atoms with E-state index in [1.165, 1.54) is 0 Å². The van der Waals surface area contributed by atoms with Crippen LogP contribution in [0.2, 0.25) is 0 Å². The molecule has 1 aromatic heterocycles. The smallest absolute Gasteiger partial charge is 0.225 e.